The molecule has 1 aliphatic rings. The van der Waals surface area contributed by atoms with E-state index in [0.29, 0.717) is 6.04 Å². The summed E-state index contributed by atoms with van der Waals surface area (Å²) < 4.78 is 6.64. The van der Waals surface area contributed by atoms with Gasteiger partial charge in [0.05, 0.1) is 19.3 Å². The van der Waals surface area contributed by atoms with Crippen molar-refractivity contribution in [1.29, 1.82) is 0 Å². The van der Waals surface area contributed by atoms with E-state index < -0.39 is 0 Å². The monoisotopic (exact) mass is 312 g/mol. The summed E-state index contributed by atoms with van der Waals surface area (Å²) in [5.74, 6) is 0. The van der Waals surface area contributed by atoms with Crippen molar-refractivity contribution in [3.8, 4) is 0 Å². The lowest BCUT2D eigenvalue weighted by molar-refractivity contribution is 0.0930. The third kappa shape index (κ3) is 2.87. The average molecular weight is 313 g/mol. The Morgan fingerprint density at radius 1 is 1.56 bits per heavy atom. The van der Waals surface area contributed by atoms with E-state index in [-0.39, 0.29) is 6.04 Å². The average Bonchev–Trinajstić information content (AvgIpc) is 2.38. The second-order valence-electron chi connectivity index (χ2n) is 4.82. The molecule has 0 bridgehead atoms. The molecule has 18 heavy (non-hydrogen) atoms. The van der Waals surface area contributed by atoms with Crippen LogP contribution >= 0.6 is 15.9 Å². The molecule has 4 heteroatoms. The SMILES string of the molecule is CCC1COCCN1c1ccc([C@@H](C)N)c(Br)c1. The number of benzene rings is 1. The minimum absolute atomic E-state index is 0.0556. The van der Waals surface area contributed by atoms with E-state index in [4.69, 9.17) is 10.5 Å². The predicted octanol–water partition coefficient (Wildman–Crippen LogP) is 3.08. The second-order valence-corrected chi connectivity index (χ2v) is 5.68. The first kappa shape index (κ1) is 13.8. The highest BCUT2D eigenvalue weighted by Gasteiger charge is 2.22. The highest BCUT2D eigenvalue weighted by molar-refractivity contribution is 9.10. The van der Waals surface area contributed by atoms with Crippen LogP contribution in [0.3, 0.4) is 0 Å². The molecule has 0 radical (unpaired) electrons. The molecule has 0 saturated carbocycles. The summed E-state index contributed by atoms with van der Waals surface area (Å²) in [6.07, 6.45) is 1.10. The molecule has 0 aromatic heterocycles. The number of hydrogen-bond donors (Lipinski definition) is 1. The van der Waals surface area contributed by atoms with Gasteiger partial charge in [-0.1, -0.05) is 28.9 Å². The minimum atomic E-state index is 0.0556. The first-order valence-electron chi connectivity index (χ1n) is 6.53. The highest BCUT2D eigenvalue weighted by Crippen LogP contribution is 2.29. The molecule has 1 aliphatic heterocycles. The first-order chi connectivity index (χ1) is 8.63. The molecule has 1 heterocycles. The highest BCUT2D eigenvalue weighted by atomic mass is 79.9. The van der Waals surface area contributed by atoms with E-state index in [2.05, 4.69) is 46.0 Å². The van der Waals surface area contributed by atoms with Crippen LogP contribution in [0.1, 0.15) is 31.9 Å². The Hall–Kier alpha value is -0.580. The summed E-state index contributed by atoms with van der Waals surface area (Å²) in [6.45, 7) is 6.80. The Morgan fingerprint density at radius 3 is 2.94 bits per heavy atom. The van der Waals surface area contributed by atoms with Gasteiger partial charge in [0.15, 0.2) is 0 Å². The maximum Gasteiger partial charge on any atom is 0.0670 e. The number of morpholine rings is 1. The van der Waals surface area contributed by atoms with E-state index in [0.717, 1.165) is 36.2 Å². The Kier molecular flexibility index (Phi) is 4.65. The second kappa shape index (κ2) is 6.04. The van der Waals surface area contributed by atoms with E-state index in [1.54, 1.807) is 0 Å². The topological polar surface area (TPSA) is 38.5 Å². The fourth-order valence-electron chi connectivity index (χ4n) is 2.40. The molecule has 0 spiro atoms. The van der Waals surface area contributed by atoms with Gasteiger partial charge in [-0.15, -0.1) is 0 Å². The normalized spacial score (nSPS) is 22.0. The number of hydrogen-bond acceptors (Lipinski definition) is 3. The quantitative estimate of drug-likeness (QED) is 0.932. The van der Waals surface area contributed by atoms with Crippen molar-refractivity contribution in [3.63, 3.8) is 0 Å². The van der Waals surface area contributed by atoms with E-state index in [9.17, 15) is 0 Å². The molecule has 1 unspecified atom stereocenters. The molecule has 1 saturated heterocycles. The summed E-state index contributed by atoms with van der Waals surface area (Å²) >= 11 is 3.62. The molecule has 1 fully saturated rings. The number of halogens is 1. The van der Waals surface area contributed by atoms with Crippen molar-refractivity contribution in [2.24, 2.45) is 5.73 Å². The molecule has 100 valence electrons. The molecule has 2 rings (SSSR count). The van der Waals surface area contributed by atoms with Crippen LogP contribution in [0.4, 0.5) is 5.69 Å². The van der Waals surface area contributed by atoms with Crippen molar-refractivity contribution < 1.29 is 4.74 Å². The predicted molar refractivity (Wildman–Crippen MR) is 79.0 cm³/mol. The smallest absolute Gasteiger partial charge is 0.0670 e. The van der Waals surface area contributed by atoms with Crippen LogP contribution < -0.4 is 10.6 Å². The summed E-state index contributed by atoms with van der Waals surface area (Å²) in [4.78, 5) is 2.43. The van der Waals surface area contributed by atoms with Crippen molar-refractivity contribution in [1.82, 2.24) is 0 Å². The van der Waals surface area contributed by atoms with Crippen LogP contribution in [0.2, 0.25) is 0 Å². The van der Waals surface area contributed by atoms with Gasteiger partial charge in [0, 0.05) is 22.7 Å². The fraction of sp³-hybridized carbons (Fsp3) is 0.571. The zero-order valence-corrected chi connectivity index (χ0v) is 12.6. The van der Waals surface area contributed by atoms with Crippen LogP contribution in [0.15, 0.2) is 22.7 Å². The van der Waals surface area contributed by atoms with Crippen LogP contribution in [0.25, 0.3) is 0 Å². The van der Waals surface area contributed by atoms with Crippen LogP contribution in [-0.2, 0) is 4.74 Å². The lowest BCUT2D eigenvalue weighted by Gasteiger charge is -2.37. The van der Waals surface area contributed by atoms with Gasteiger partial charge in [0.25, 0.3) is 0 Å². The lowest BCUT2D eigenvalue weighted by atomic mass is 10.1. The van der Waals surface area contributed by atoms with Crippen LogP contribution in [0, 0.1) is 0 Å². The number of rotatable bonds is 3. The Labute approximate surface area is 117 Å². The Bertz CT molecular complexity index is 409. The van der Waals surface area contributed by atoms with Gasteiger partial charge >= 0.3 is 0 Å². The zero-order valence-electron chi connectivity index (χ0n) is 11.0. The lowest BCUT2D eigenvalue weighted by Crippen LogP contribution is -2.45. The zero-order chi connectivity index (χ0) is 13.1. The summed E-state index contributed by atoms with van der Waals surface area (Å²) in [6, 6.07) is 6.99. The molecular formula is C14H21BrN2O. The van der Waals surface area contributed by atoms with Gasteiger partial charge in [0.1, 0.15) is 0 Å². The molecule has 1 aromatic carbocycles. The Balaban J connectivity index is 2.24. The molecular weight excluding hydrogens is 292 g/mol. The molecule has 1 aromatic rings. The fourth-order valence-corrected chi connectivity index (χ4v) is 3.12. The van der Waals surface area contributed by atoms with Crippen molar-refractivity contribution in [3.05, 3.63) is 28.2 Å². The maximum atomic E-state index is 5.93. The van der Waals surface area contributed by atoms with Gasteiger partial charge in [-0.25, -0.2) is 0 Å². The van der Waals surface area contributed by atoms with Crippen LogP contribution in [-0.4, -0.2) is 25.8 Å². The summed E-state index contributed by atoms with van der Waals surface area (Å²) in [7, 11) is 0. The molecule has 2 atom stereocenters. The van der Waals surface area contributed by atoms with E-state index in [1.165, 1.54) is 5.69 Å². The van der Waals surface area contributed by atoms with Gasteiger partial charge in [-0.05, 0) is 31.0 Å². The number of anilines is 1. The van der Waals surface area contributed by atoms with Gasteiger partial charge in [-0.3, -0.25) is 0 Å². The van der Waals surface area contributed by atoms with Crippen molar-refractivity contribution in [2.75, 3.05) is 24.7 Å². The standard InChI is InChI=1S/C14H21BrN2O/c1-3-11-9-18-7-6-17(11)12-4-5-13(10(2)16)14(15)8-12/h4-5,8,10-11H,3,6-7,9,16H2,1-2H3/t10-,11?/m1/s1. The summed E-state index contributed by atoms with van der Waals surface area (Å²) in [5.41, 5.74) is 8.34. The maximum absolute atomic E-state index is 5.93. The van der Waals surface area contributed by atoms with Gasteiger partial charge in [0.2, 0.25) is 0 Å². The number of nitrogens with zero attached hydrogens (tertiary/aromatic N) is 1. The third-order valence-electron chi connectivity index (χ3n) is 3.51. The Morgan fingerprint density at radius 2 is 2.33 bits per heavy atom. The molecule has 3 nitrogen and oxygen atoms in total. The largest absolute Gasteiger partial charge is 0.377 e. The van der Waals surface area contributed by atoms with Gasteiger partial charge in [-0.2, -0.15) is 0 Å². The molecule has 0 aliphatic carbocycles. The third-order valence-corrected chi connectivity index (χ3v) is 4.19. The van der Waals surface area contributed by atoms with Crippen LogP contribution in [0.5, 0.6) is 0 Å². The number of ether oxygens (including phenoxy) is 1. The first-order valence-corrected chi connectivity index (χ1v) is 7.32. The molecule has 2 N–H and O–H groups in total. The molecule has 0 amide bonds. The van der Waals surface area contributed by atoms with E-state index in [1.807, 2.05) is 6.92 Å². The van der Waals surface area contributed by atoms with E-state index >= 15 is 0 Å². The number of nitrogens with two attached hydrogens (primary N) is 1. The van der Waals surface area contributed by atoms with Gasteiger partial charge < -0.3 is 15.4 Å². The summed E-state index contributed by atoms with van der Waals surface area (Å²) in [5, 5.41) is 0. The van der Waals surface area contributed by atoms with Crippen molar-refractivity contribution in [2.45, 2.75) is 32.4 Å². The van der Waals surface area contributed by atoms with Crippen molar-refractivity contribution >= 4 is 21.6 Å². The minimum Gasteiger partial charge on any atom is -0.377 e.